The maximum atomic E-state index is 12.3. The van der Waals surface area contributed by atoms with Gasteiger partial charge in [0.15, 0.2) is 4.34 Å². The molecule has 2 N–H and O–H groups in total. The lowest BCUT2D eigenvalue weighted by molar-refractivity contribution is -0.119. The SMILES string of the molecule is CCCNc1nnc(SCC(=O)N[C@@H](C)c2cccc3ccccc23)s1. The molecule has 0 radical (unpaired) electrons. The number of hydrogen-bond donors (Lipinski definition) is 2. The number of benzene rings is 2. The van der Waals surface area contributed by atoms with Crippen LogP contribution in [0.1, 0.15) is 31.9 Å². The zero-order valence-corrected chi connectivity index (χ0v) is 16.5. The standard InChI is InChI=1S/C19H22N4OS2/c1-3-11-20-18-22-23-19(26-18)25-12-17(24)21-13(2)15-10-6-8-14-7-4-5-9-16(14)15/h4-10,13H,3,11-12H2,1-2H3,(H,20,22)(H,21,24)/t13-/m0/s1. The molecule has 3 rings (SSSR count). The lowest BCUT2D eigenvalue weighted by Gasteiger charge is -2.16. The summed E-state index contributed by atoms with van der Waals surface area (Å²) < 4.78 is 0.802. The number of rotatable bonds is 8. The van der Waals surface area contributed by atoms with Crippen LogP contribution in [0.25, 0.3) is 10.8 Å². The summed E-state index contributed by atoms with van der Waals surface area (Å²) in [6.07, 6.45) is 1.04. The number of fused-ring (bicyclic) bond motifs is 1. The summed E-state index contributed by atoms with van der Waals surface area (Å²) in [6.45, 7) is 5.00. The van der Waals surface area contributed by atoms with Crippen LogP contribution in [0.3, 0.4) is 0 Å². The third-order valence-corrected chi connectivity index (χ3v) is 5.94. The number of nitrogens with zero attached hydrogens (tertiary/aromatic N) is 2. The topological polar surface area (TPSA) is 66.9 Å². The Morgan fingerprint density at radius 1 is 1.19 bits per heavy atom. The highest BCUT2D eigenvalue weighted by atomic mass is 32.2. The van der Waals surface area contributed by atoms with Crippen molar-refractivity contribution in [2.45, 2.75) is 30.6 Å². The van der Waals surface area contributed by atoms with Gasteiger partial charge in [-0.1, -0.05) is 72.5 Å². The molecule has 0 aliphatic rings. The van der Waals surface area contributed by atoms with Crippen molar-refractivity contribution >= 4 is 44.9 Å². The highest BCUT2D eigenvalue weighted by molar-refractivity contribution is 8.01. The van der Waals surface area contributed by atoms with Gasteiger partial charge in [-0.15, -0.1) is 10.2 Å². The highest BCUT2D eigenvalue weighted by Gasteiger charge is 2.13. The summed E-state index contributed by atoms with van der Waals surface area (Å²) in [6, 6.07) is 14.4. The number of anilines is 1. The lowest BCUT2D eigenvalue weighted by Crippen LogP contribution is -2.28. The molecule has 0 bridgehead atoms. The first kappa shape index (κ1) is 18.7. The van der Waals surface area contributed by atoms with Gasteiger partial charge >= 0.3 is 0 Å². The van der Waals surface area contributed by atoms with Gasteiger partial charge in [-0.05, 0) is 29.7 Å². The Kier molecular flexibility index (Phi) is 6.46. The van der Waals surface area contributed by atoms with E-state index >= 15 is 0 Å². The van der Waals surface area contributed by atoms with Crippen molar-refractivity contribution in [1.82, 2.24) is 15.5 Å². The van der Waals surface area contributed by atoms with E-state index in [1.165, 1.54) is 33.9 Å². The highest BCUT2D eigenvalue weighted by Crippen LogP contribution is 2.26. The Balaban J connectivity index is 1.56. The van der Waals surface area contributed by atoms with E-state index in [4.69, 9.17) is 0 Å². The Bertz CT molecular complexity index is 875. The Morgan fingerprint density at radius 3 is 2.85 bits per heavy atom. The predicted octanol–water partition coefficient (Wildman–Crippen LogP) is 4.48. The Hall–Kier alpha value is -2.12. The van der Waals surface area contributed by atoms with Gasteiger partial charge in [-0.25, -0.2) is 0 Å². The third kappa shape index (κ3) is 4.74. The van der Waals surface area contributed by atoms with Gasteiger partial charge in [-0.2, -0.15) is 0 Å². The van der Waals surface area contributed by atoms with Crippen molar-refractivity contribution in [2.75, 3.05) is 17.6 Å². The molecule has 0 saturated carbocycles. The molecule has 136 valence electrons. The van der Waals surface area contributed by atoms with Crippen LogP contribution >= 0.6 is 23.1 Å². The van der Waals surface area contributed by atoms with Crippen LogP contribution in [0.4, 0.5) is 5.13 Å². The van der Waals surface area contributed by atoms with Gasteiger partial charge in [0.05, 0.1) is 11.8 Å². The average Bonchev–Trinajstić information content (AvgIpc) is 3.12. The van der Waals surface area contributed by atoms with E-state index in [1.807, 2.05) is 25.1 Å². The molecule has 0 spiro atoms. The number of carbonyl (C=O) groups is 1. The minimum atomic E-state index is -0.0506. The Morgan fingerprint density at radius 2 is 2.00 bits per heavy atom. The smallest absolute Gasteiger partial charge is 0.230 e. The van der Waals surface area contributed by atoms with Crippen molar-refractivity contribution in [3.8, 4) is 0 Å². The van der Waals surface area contributed by atoms with E-state index < -0.39 is 0 Å². The van der Waals surface area contributed by atoms with E-state index in [-0.39, 0.29) is 11.9 Å². The lowest BCUT2D eigenvalue weighted by atomic mass is 10.00. The number of aromatic nitrogens is 2. The summed E-state index contributed by atoms with van der Waals surface area (Å²) in [7, 11) is 0. The Labute approximate surface area is 161 Å². The number of nitrogens with one attached hydrogen (secondary N) is 2. The largest absolute Gasteiger partial charge is 0.360 e. The normalized spacial score (nSPS) is 12.1. The fourth-order valence-corrected chi connectivity index (χ4v) is 4.28. The summed E-state index contributed by atoms with van der Waals surface area (Å²) in [5, 5.41) is 17.6. The molecule has 0 aliphatic heterocycles. The van der Waals surface area contributed by atoms with Crippen molar-refractivity contribution in [3.05, 3.63) is 48.0 Å². The quantitative estimate of drug-likeness (QED) is 0.559. The minimum absolute atomic E-state index is 0.00583. The molecule has 26 heavy (non-hydrogen) atoms. The molecule has 0 saturated heterocycles. The molecule has 0 unspecified atom stereocenters. The summed E-state index contributed by atoms with van der Waals surface area (Å²) >= 11 is 2.90. The van der Waals surface area contributed by atoms with Gasteiger partial charge < -0.3 is 10.6 Å². The number of carbonyl (C=O) groups excluding carboxylic acids is 1. The van der Waals surface area contributed by atoms with Gasteiger partial charge in [-0.3, -0.25) is 4.79 Å². The maximum absolute atomic E-state index is 12.3. The molecule has 1 aromatic heterocycles. The molecule has 3 aromatic rings. The fourth-order valence-electron chi connectivity index (χ4n) is 2.69. The van der Waals surface area contributed by atoms with Crippen molar-refractivity contribution < 1.29 is 4.79 Å². The minimum Gasteiger partial charge on any atom is -0.360 e. The van der Waals surface area contributed by atoms with Crippen LogP contribution in [0.2, 0.25) is 0 Å². The zero-order chi connectivity index (χ0) is 18.4. The van der Waals surface area contributed by atoms with Crippen LogP contribution in [0.15, 0.2) is 46.8 Å². The summed E-state index contributed by atoms with van der Waals surface area (Å²) in [5.74, 6) is 0.325. The van der Waals surface area contributed by atoms with Crippen LogP contribution in [0, 0.1) is 0 Å². The van der Waals surface area contributed by atoms with Crippen molar-refractivity contribution in [1.29, 1.82) is 0 Å². The van der Waals surface area contributed by atoms with Crippen molar-refractivity contribution in [2.24, 2.45) is 0 Å². The average molecular weight is 387 g/mol. The van der Waals surface area contributed by atoms with Crippen LogP contribution in [0.5, 0.6) is 0 Å². The second-order valence-corrected chi connectivity index (χ2v) is 8.15. The van der Waals surface area contributed by atoms with E-state index in [9.17, 15) is 4.79 Å². The molecule has 1 atom stereocenters. The molecule has 2 aromatic carbocycles. The number of hydrogen-bond acceptors (Lipinski definition) is 6. The summed E-state index contributed by atoms with van der Waals surface area (Å²) in [4.78, 5) is 12.3. The predicted molar refractivity (Wildman–Crippen MR) is 110 cm³/mol. The van der Waals surface area contributed by atoms with Crippen LogP contribution < -0.4 is 10.6 Å². The number of thioether (sulfide) groups is 1. The number of amides is 1. The molecule has 1 heterocycles. The summed E-state index contributed by atoms with van der Waals surface area (Å²) in [5.41, 5.74) is 1.13. The van der Waals surface area contributed by atoms with Gasteiger partial charge in [0, 0.05) is 6.54 Å². The van der Waals surface area contributed by atoms with Crippen LogP contribution in [-0.2, 0) is 4.79 Å². The molecule has 7 heteroatoms. The third-order valence-electron chi connectivity index (χ3n) is 3.93. The first-order valence-corrected chi connectivity index (χ1v) is 10.4. The molecular formula is C19H22N4OS2. The van der Waals surface area contributed by atoms with E-state index in [0.717, 1.165) is 28.0 Å². The second-order valence-electron chi connectivity index (χ2n) is 5.95. The fraction of sp³-hybridized carbons (Fsp3) is 0.316. The van der Waals surface area contributed by atoms with Gasteiger partial charge in [0.2, 0.25) is 11.0 Å². The van der Waals surface area contributed by atoms with Crippen molar-refractivity contribution in [3.63, 3.8) is 0 Å². The maximum Gasteiger partial charge on any atom is 0.230 e. The molecule has 0 aliphatic carbocycles. The first-order chi connectivity index (χ1) is 12.7. The van der Waals surface area contributed by atoms with E-state index in [2.05, 4.69) is 52.0 Å². The van der Waals surface area contributed by atoms with Gasteiger partial charge in [0.25, 0.3) is 0 Å². The van der Waals surface area contributed by atoms with E-state index in [0.29, 0.717) is 5.75 Å². The molecule has 0 fully saturated rings. The molecule has 5 nitrogen and oxygen atoms in total. The van der Waals surface area contributed by atoms with Gasteiger partial charge in [0.1, 0.15) is 0 Å². The van der Waals surface area contributed by atoms with E-state index in [1.54, 1.807) is 0 Å². The zero-order valence-electron chi connectivity index (χ0n) is 14.9. The second kappa shape index (κ2) is 9.00. The van der Waals surface area contributed by atoms with Crippen LogP contribution in [-0.4, -0.2) is 28.4 Å². The monoisotopic (exact) mass is 386 g/mol. The molecule has 1 amide bonds. The first-order valence-electron chi connectivity index (χ1n) is 8.64. The molecular weight excluding hydrogens is 364 g/mol.